The molecule has 2 aromatic rings. The van der Waals surface area contributed by atoms with Gasteiger partial charge in [0, 0.05) is 19.2 Å². The van der Waals surface area contributed by atoms with E-state index in [0.717, 1.165) is 17.7 Å². The lowest BCUT2D eigenvalue weighted by molar-refractivity contribution is 0.177. The van der Waals surface area contributed by atoms with E-state index in [2.05, 4.69) is 31.9 Å². The molecule has 1 N–H and O–H groups in total. The summed E-state index contributed by atoms with van der Waals surface area (Å²) in [5, 5.41) is 14.6. The second kappa shape index (κ2) is 5.36. The van der Waals surface area contributed by atoms with Crippen molar-refractivity contribution in [3.63, 3.8) is 0 Å². The van der Waals surface area contributed by atoms with Gasteiger partial charge < -0.3 is 5.11 Å². The fourth-order valence-electron chi connectivity index (χ4n) is 2.15. The molecule has 0 radical (unpaired) electrons. The molecule has 0 bridgehead atoms. The van der Waals surface area contributed by atoms with Crippen LogP contribution in [-0.2, 0) is 13.0 Å². The van der Waals surface area contributed by atoms with Crippen molar-refractivity contribution in [2.45, 2.75) is 39.8 Å². The van der Waals surface area contributed by atoms with Gasteiger partial charge in [0.25, 0.3) is 0 Å². The van der Waals surface area contributed by atoms with Gasteiger partial charge >= 0.3 is 0 Å². The highest BCUT2D eigenvalue weighted by molar-refractivity contribution is 5.35. The van der Waals surface area contributed by atoms with Gasteiger partial charge in [0.15, 0.2) is 0 Å². The van der Waals surface area contributed by atoms with Crippen molar-refractivity contribution in [1.29, 1.82) is 0 Å². The van der Waals surface area contributed by atoms with E-state index in [1.807, 2.05) is 29.2 Å². The normalized spacial score (nSPS) is 12.7. The molecule has 3 heteroatoms. The largest absolute Gasteiger partial charge is 0.388 e. The second-order valence-corrected chi connectivity index (χ2v) is 4.71. The predicted molar refractivity (Wildman–Crippen MR) is 72.5 cm³/mol. The standard InChI is InChI=1S/C15H20N2O/c1-4-17-10-13(9-16-17)8-15(18)14-7-5-6-11(2)12(14)3/h5-7,9-10,15,18H,4,8H2,1-3H3. The molecule has 1 atom stereocenters. The minimum Gasteiger partial charge on any atom is -0.388 e. The van der Waals surface area contributed by atoms with Gasteiger partial charge in [-0.3, -0.25) is 4.68 Å². The molecule has 1 aromatic carbocycles. The molecule has 0 aliphatic carbocycles. The fraction of sp³-hybridized carbons (Fsp3) is 0.400. The summed E-state index contributed by atoms with van der Waals surface area (Å²) in [5.41, 5.74) is 4.48. The minimum absolute atomic E-state index is 0.459. The SMILES string of the molecule is CCn1cc(CC(O)c2cccc(C)c2C)cn1. The zero-order valence-corrected chi connectivity index (χ0v) is 11.2. The molecule has 0 amide bonds. The monoisotopic (exact) mass is 244 g/mol. The van der Waals surface area contributed by atoms with Crippen LogP contribution in [0.2, 0.25) is 0 Å². The van der Waals surface area contributed by atoms with Gasteiger partial charge in [0.2, 0.25) is 0 Å². The van der Waals surface area contributed by atoms with Crippen molar-refractivity contribution in [1.82, 2.24) is 9.78 Å². The van der Waals surface area contributed by atoms with Crippen LogP contribution in [0.1, 0.15) is 35.3 Å². The van der Waals surface area contributed by atoms with Crippen molar-refractivity contribution >= 4 is 0 Å². The Morgan fingerprint density at radius 1 is 1.33 bits per heavy atom. The van der Waals surface area contributed by atoms with E-state index in [4.69, 9.17) is 0 Å². The molecule has 3 nitrogen and oxygen atoms in total. The van der Waals surface area contributed by atoms with Gasteiger partial charge in [-0.1, -0.05) is 18.2 Å². The zero-order valence-electron chi connectivity index (χ0n) is 11.2. The number of rotatable bonds is 4. The van der Waals surface area contributed by atoms with Crippen LogP contribution in [0.3, 0.4) is 0 Å². The van der Waals surface area contributed by atoms with E-state index in [-0.39, 0.29) is 0 Å². The number of aliphatic hydroxyl groups excluding tert-OH is 1. The van der Waals surface area contributed by atoms with Gasteiger partial charge in [-0.2, -0.15) is 5.10 Å². The third-order valence-electron chi connectivity index (χ3n) is 3.45. The second-order valence-electron chi connectivity index (χ2n) is 4.71. The summed E-state index contributed by atoms with van der Waals surface area (Å²) in [5.74, 6) is 0. The minimum atomic E-state index is -0.459. The van der Waals surface area contributed by atoms with Gasteiger partial charge in [0.05, 0.1) is 12.3 Å². The summed E-state index contributed by atoms with van der Waals surface area (Å²) in [4.78, 5) is 0. The summed E-state index contributed by atoms with van der Waals surface area (Å²) < 4.78 is 1.88. The highest BCUT2D eigenvalue weighted by Crippen LogP contribution is 2.23. The Morgan fingerprint density at radius 3 is 2.78 bits per heavy atom. The maximum Gasteiger partial charge on any atom is 0.0834 e. The first kappa shape index (κ1) is 12.8. The maximum atomic E-state index is 10.3. The molecule has 0 aliphatic heterocycles. The molecule has 0 saturated carbocycles. The molecule has 96 valence electrons. The Morgan fingerprint density at radius 2 is 2.11 bits per heavy atom. The van der Waals surface area contributed by atoms with Crippen LogP contribution >= 0.6 is 0 Å². The maximum absolute atomic E-state index is 10.3. The molecular formula is C15H20N2O. The Hall–Kier alpha value is -1.61. The molecule has 0 aliphatic rings. The number of nitrogens with zero attached hydrogens (tertiary/aromatic N) is 2. The Labute approximate surface area is 108 Å². The van der Waals surface area contributed by atoms with E-state index in [1.165, 1.54) is 11.1 Å². The molecule has 18 heavy (non-hydrogen) atoms. The van der Waals surface area contributed by atoms with Crippen LogP contribution in [0.5, 0.6) is 0 Å². The van der Waals surface area contributed by atoms with E-state index in [9.17, 15) is 5.11 Å². The number of benzene rings is 1. The number of hydrogen-bond donors (Lipinski definition) is 1. The molecule has 0 spiro atoms. The van der Waals surface area contributed by atoms with Crippen LogP contribution in [0.4, 0.5) is 0 Å². The number of hydrogen-bond acceptors (Lipinski definition) is 2. The van der Waals surface area contributed by atoms with E-state index in [0.29, 0.717) is 6.42 Å². The molecule has 0 fully saturated rings. The first-order valence-corrected chi connectivity index (χ1v) is 6.37. The summed E-state index contributed by atoms with van der Waals surface area (Å²) in [6, 6.07) is 6.06. The first-order chi connectivity index (χ1) is 8.61. The highest BCUT2D eigenvalue weighted by atomic mass is 16.3. The Bertz CT molecular complexity index is 531. The average Bonchev–Trinajstić information content (AvgIpc) is 2.80. The van der Waals surface area contributed by atoms with Crippen molar-refractivity contribution in [3.8, 4) is 0 Å². The predicted octanol–water partition coefficient (Wildman–Crippen LogP) is 2.80. The first-order valence-electron chi connectivity index (χ1n) is 6.37. The van der Waals surface area contributed by atoms with Crippen LogP contribution in [0, 0.1) is 13.8 Å². The van der Waals surface area contributed by atoms with Crippen molar-refractivity contribution in [2.75, 3.05) is 0 Å². The van der Waals surface area contributed by atoms with Crippen LogP contribution in [-0.4, -0.2) is 14.9 Å². The molecule has 0 saturated heterocycles. The third kappa shape index (κ3) is 2.62. The third-order valence-corrected chi connectivity index (χ3v) is 3.45. The van der Waals surface area contributed by atoms with Gasteiger partial charge in [-0.25, -0.2) is 0 Å². The van der Waals surface area contributed by atoms with Gasteiger partial charge in [-0.05, 0) is 43.0 Å². The number of aromatic nitrogens is 2. The summed E-state index contributed by atoms with van der Waals surface area (Å²) in [6.07, 6.45) is 3.98. The Kier molecular flexibility index (Phi) is 3.82. The van der Waals surface area contributed by atoms with Crippen LogP contribution in [0.15, 0.2) is 30.6 Å². The van der Waals surface area contributed by atoms with E-state index >= 15 is 0 Å². The quantitative estimate of drug-likeness (QED) is 0.898. The molecular weight excluding hydrogens is 224 g/mol. The lowest BCUT2D eigenvalue weighted by atomic mass is 9.96. The van der Waals surface area contributed by atoms with Gasteiger partial charge in [0.1, 0.15) is 0 Å². The lowest BCUT2D eigenvalue weighted by Gasteiger charge is -2.14. The van der Waals surface area contributed by atoms with Crippen LogP contribution in [0.25, 0.3) is 0 Å². The lowest BCUT2D eigenvalue weighted by Crippen LogP contribution is -2.04. The number of aryl methyl sites for hydroxylation is 2. The van der Waals surface area contributed by atoms with Crippen molar-refractivity contribution < 1.29 is 5.11 Å². The van der Waals surface area contributed by atoms with Crippen LogP contribution < -0.4 is 0 Å². The smallest absolute Gasteiger partial charge is 0.0834 e. The van der Waals surface area contributed by atoms with Crippen molar-refractivity contribution in [3.05, 3.63) is 52.8 Å². The zero-order chi connectivity index (χ0) is 13.1. The molecule has 2 rings (SSSR count). The Balaban J connectivity index is 2.16. The van der Waals surface area contributed by atoms with E-state index < -0.39 is 6.10 Å². The summed E-state index contributed by atoms with van der Waals surface area (Å²) >= 11 is 0. The fourth-order valence-corrected chi connectivity index (χ4v) is 2.15. The van der Waals surface area contributed by atoms with Crippen molar-refractivity contribution in [2.24, 2.45) is 0 Å². The molecule has 1 unspecified atom stereocenters. The molecule has 1 heterocycles. The number of aliphatic hydroxyl groups is 1. The van der Waals surface area contributed by atoms with E-state index in [1.54, 1.807) is 0 Å². The highest BCUT2D eigenvalue weighted by Gasteiger charge is 2.13. The average molecular weight is 244 g/mol. The topological polar surface area (TPSA) is 38.0 Å². The van der Waals surface area contributed by atoms with Gasteiger partial charge in [-0.15, -0.1) is 0 Å². The summed E-state index contributed by atoms with van der Waals surface area (Å²) in [6.45, 7) is 7.04. The molecule has 1 aromatic heterocycles. The summed E-state index contributed by atoms with van der Waals surface area (Å²) in [7, 11) is 0.